The first-order chi connectivity index (χ1) is 12.2. The molecule has 0 bridgehead atoms. The summed E-state index contributed by atoms with van der Waals surface area (Å²) in [7, 11) is 0. The van der Waals surface area contributed by atoms with E-state index in [1.54, 1.807) is 20.8 Å². The number of rotatable bonds is 8. The Kier molecular flexibility index (Phi) is 8.36. The number of nitrogens with one attached hydrogen (secondary N) is 2. The molecule has 9 nitrogen and oxygen atoms in total. The summed E-state index contributed by atoms with van der Waals surface area (Å²) in [5.74, 6) is -2.88. The van der Waals surface area contributed by atoms with E-state index in [0.29, 0.717) is 5.56 Å². The van der Waals surface area contributed by atoms with Crippen molar-refractivity contribution in [2.24, 2.45) is 5.10 Å². The van der Waals surface area contributed by atoms with Crippen LogP contribution in [0.2, 0.25) is 5.02 Å². The van der Waals surface area contributed by atoms with Gasteiger partial charge in [-0.15, -0.1) is 0 Å². The SMILES string of the molecule is CCOc1cc(/C=N\NC(=O)C(=O)NC(C)C)cc(Cl)c1OCC(=O)[O-]. The Labute approximate surface area is 155 Å². The van der Waals surface area contributed by atoms with Gasteiger partial charge in [0.05, 0.1) is 23.8 Å². The Morgan fingerprint density at radius 1 is 1.27 bits per heavy atom. The molecule has 0 saturated heterocycles. The molecule has 0 unspecified atom stereocenters. The smallest absolute Gasteiger partial charge is 0.329 e. The zero-order valence-electron chi connectivity index (χ0n) is 14.5. The quantitative estimate of drug-likeness (QED) is 0.364. The average molecular weight is 385 g/mol. The number of hydrogen-bond donors (Lipinski definition) is 2. The minimum Gasteiger partial charge on any atom is -0.546 e. The van der Waals surface area contributed by atoms with Crippen LogP contribution in [-0.4, -0.2) is 43.3 Å². The molecule has 142 valence electrons. The molecule has 1 aromatic rings. The Morgan fingerprint density at radius 2 is 1.96 bits per heavy atom. The van der Waals surface area contributed by atoms with Gasteiger partial charge in [0.1, 0.15) is 6.61 Å². The van der Waals surface area contributed by atoms with Gasteiger partial charge in [-0.05, 0) is 38.5 Å². The van der Waals surface area contributed by atoms with Crippen molar-refractivity contribution >= 4 is 35.6 Å². The summed E-state index contributed by atoms with van der Waals surface area (Å²) < 4.78 is 10.4. The molecule has 1 aromatic carbocycles. The molecule has 1 rings (SSSR count). The molecule has 0 saturated carbocycles. The van der Waals surface area contributed by atoms with Crippen LogP contribution in [0.3, 0.4) is 0 Å². The second-order valence-electron chi connectivity index (χ2n) is 5.25. The normalized spacial score (nSPS) is 10.7. The molecule has 0 spiro atoms. The lowest BCUT2D eigenvalue weighted by Crippen LogP contribution is -2.41. The summed E-state index contributed by atoms with van der Waals surface area (Å²) >= 11 is 6.07. The van der Waals surface area contributed by atoms with Gasteiger partial charge < -0.3 is 24.7 Å². The van der Waals surface area contributed by atoms with E-state index in [0.717, 1.165) is 0 Å². The molecular weight excluding hydrogens is 366 g/mol. The number of carboxylic acids is 1. The van der Waals surface area contributed by atoms with Crippen LogP contribution >= 0.6 is 11.6 Å². The molecule has 0 aliphatic carbocycles. The zero-order chi connectivity index (χ0) is 19.7. The Bertz CT molecular complexity index is 705. The second-order valence-corrected chi connectivity index (χ2v) is 5.66. The summed E-state index contributed by atoms with van der Waals surface area (Å²) in [5.41, 5.74) is 2.51. The first-order valence-corrected chi connectivity index (χ1v) is 8.05. The number of carbonyl (C=O) groups excluding carboxylic acids is 3. The predicted octanol–water partition coefficient (Wildman–Crippen LogP) is -0.158. The number of carboxylic acid groups (broad SMARTS) is 1. The molecule has 26 heavy (non-hydrogen) atoms. The van der Waals surface area contributed by atoms with Crippen LogP contribution in [0, 0.1) is 0 Å². The molecule has 2 N–H and O–H groups in total. The Morgan fingerprint density at radius 3 is 2.54 bits per heavy atom. The highest BCUT2D eigenvalue weighted by Crippen LogP contribution is 2.36. The zero-order valence-corrected chi connectivity index (χ0v) is 15.3. The van der Waals surface area contributed by atoms with E-state index in [1.165, 1.54) is 18.3 Å². The number of ether oxygens (including phenoxy) is 2. The maximum Gasteiger partial charge on any atom is 0.329 e. The van der Waals surface area contributed by atoms with E-state index >= 15 is 0 Å². The fraction of sp³-hybridized carbons (Fsp3) is 0.375. The number of halogens is 1. The van der Waals surface area contributed by atoms with E-state index < -0.39 is 24.4 Å². The van der Waals surface area contributed by atoms with Crippen molar-refractivity contribution in [1.82, 2.24) is 10.7 Å². The van der Waals surface area contributed by atoms with Gasteiger partial charge in [-0.1, -0.05) is 11.6 Å². The van der Waals surface area contributed by atoms with Crippen molar-refractivity contribution in [3.05, 3.63) is 22.7 Å². The van der Waals surface area contributed by atoms with Crippen molar-refractivity contribution in [1.29, 1.82) is 0 Å². The van der Waals surface area contributed by atoms with E-state index in [-0.39, 0.29) is 29.2 Å². The lowest BCUT2D eigenvalue weighted by molar-refractivity contribution is -0.307. The van der Waals surface area contributed by atoms with Gasteiger partial charge >= 0.3 is 11.8 Å². The highest BCUT2D eigenvalue weighted by Gasteiger charge is 2.14. The Hall–Kier alpha value is -2.81. The molecule has 0 atom stereocenters. The third-order valence-corrected chi connectivity index (χ3v) is 2.95. The van der Waals surface area contributed by atoms with Gasteiger partial charge in [0, 0.05) is 6.04 Å². The molecule has 0 aromatic heterocycles. The third kappa shape index (κ3) is 6.98. The lowest BCUT2D eigenvalue weighted by atomic mass is 10.2. The van der Waals surface area contributed by atoms with E-state index in [4.69, 9.17) is 21.1 Å². The first kappa shape index (κ1) is 21.2. The van der Waals surface area contributed by atoms with Crippen LogP contribution in [0.15, 0.2) is 17.2 Å². The van der Waals surface area contributed by atoms with Gasteiger partial charge in [-0.2, -0.15) is 5.10 Å². The van der Waals surface area contributed by atoms with E-state index in [9.17, 15) is 19.5 Å². The number of aliphatic carboxylic acids is 1. The average Bonchev–Trinajstić information content (AvgIpc) is 2.53. The highest BCUT2D eigenvalue weighted by molar-refractivity contribution is 6.35. The molecule has 0 heterocycles. The number of amides is 2. The number of hydrazone groups is 1. The van der Waals surface area contributed by atoms with Crippen LogP contribution in [-0.2, 0) is 14.4 Å². The third-order valence-electron chi connectivity index (χ3n) is 2.67. The lowest BCUT2D eigenvalue weighted by Gasteiger charge is -2.14. The van der Waals surface area contributed by atoms with E-state index in [2.05, 4.69) is 15.8 Å². The van der Waals surface area contributed by atoms with Gasteiger partial charge in [0.15, 0.2) is 11.5 Å². The largest absolute Gasteiger partial charge is 0.546 e. The van der Waals surface area contributed by atoms with Crippen molar-refractivity contribution in [3.8, 4) is 11.5 Å². The Balaban J connectivity index is 2.88. The number of carbonyl (C=O) groups is 3. The number of benzene rings is 1. The van der Waals surface area contributed by atoms with Crippen LogP contribution in [0.25, 0.3) is 0 Å². The molecule has 0 aliphatic heterocycles. The number of hydrogen-bond acceptors (Lipinski definition) is 7. The second kappa shape index (κ2) is 10.2. The molecule has 0 aliphatic rings. The predicted molar refractivity (Wildman–Crippen MR) is 92.1 cm³/mol. The molecule has 0 radical (unpaired) electrons. The monoisotopic (exact) mass is 384 g/mol. The maximum absolute atomic E-state index is 11.5. The van der Waals surface area contributed by atoms with Gasteiger partial charge in [-0.3, -0.25) is 9.59 Å². The minimum atomic E-state index is -1.41. The fourth-order valence-corrected chi connectivity index (χ4v) is 2.01. The van der Waals surface area contributed by atoms with Crippen LogP contribution in [0.4, 0.5) is 0 Å². The molecule has 0 fully saturated rings. The van der Waals surface area contributed by atoms with Gasteiger partial charge in [0.25, 0.3) is 0 Å². The summed E-state index contributed by atoms with van der Waals surface area (Å²) in [4.78, 5) is 33.5. The van der Waals surface area contributed by atoms with Crippen LogP contribution < -0.4 is 25.3 Å². The summed E-state index contributed by atoms with van der Waals surface area (Å²) in [6, 6.07) is 2.74. The topological polar surface area (TPSA) is 129 Å². The minimum absolute atomic E-state index is 0.0511. The molecule has 2 amide bonds. The standard InChI is InChI=1S/C16H20ClN3O6/c1-4-25-12-6-10(5-11(17)14(12)26-8-13(21)22)7-18-20-16(24)15(23)19-9(2)3/h5-7,9H,4,8H2,1-3H3,(H,19,23)(H,20,24)(H,21,22)/p-1/b18-7-. The maximum atomic E-state index is 11.5. The first-order valence-electron chi connectivity index (χ1n) is 7.67. The summed E-state index contributed by atoms with van der Waals surface area (Å²) in [5, 5.41) is 16.7. The van der Waals surface area contributed by atoms with Gasteiger partial charge in [0.2, 0.25) is 0 Å². The van der Waals surface area contributed by atoms with Crippen molar-refractivity contribution in [2.75, 3.05) is 13.2 Å². The van der Waals surface area contributed by atoms with Crippen molar-refractivity contribution < 1.29 is 29.0 Å². The van der Waals surface area contributed by atoms with Gasteiger partial charge in [-0.25, -0.2) is 5.43 Å². The van der Waals surface area contributed by atoms with Crippen LogP contribution in [0.5, 0.6) is 11.5 Å². The van der Waals surface area contributed by atoms with Crippen molar-refractivity contribution in [2.45, 2.75) is 26.8 Å². The molecule has 10 heteroatoms. The number of nitrogens with zero attached hydrogens (tertiary/aromatic N) is 1. The highest BCUT2D eigenvalue weighted by atomic mass is 35.5. The summed E-state index contributed by atoms with van der Waals surface area (Å²) in [6.07, 6.45) is 1.25. The molecular formula is C16H19ClN3O6-. The van der Waals surface area contributed by atoms with Crippen LogP contribution in [0.1, 0.15) is 26.3 Å². The summed E-state index contributed by atoms with van der Waals surface area (Å²) in [6.45, 7) is 4.76. The van der Waals surface area contributed by atoms with Crippen molar-refractivity contribution in [3.63, 3.8) is 0 Å². The fourth-order valence-electron chi connectivity index (χ4n) is 1.74. The van der Waals surface area contributed by atoms with E-state index in [1.807, 2.05) is 0 Å².